The van der Waals surface area contributed by atoms with Crippen molar-refractivity contribution in [1.29, 1.82) is 0 Å². The summed E-state index contributed by atoms with van der Waals surface area (Å²) in [6.45, 7) is 0.246. The molecule has 1 unspecified atom stereocenters. The molecule has 2 rings (SSSR count). The Morgan fingerprint density at radius 1 is 1.48 bits per heavy atom. The number of benzene rings is 1. The number of anilines is 1. The van der Waals surface area contributed by atoms with Crippen molar-refractivity contribution in [3.63, 3.8) is 0 Å². The van der Waals surface area contributed by atoms with Crippen molar-refractivity contribution in [2.75, 3.05) is 11.4 Å². The van der Waals surface area contributed by atoms with Crippen molar-refractivity contribution in [1.82, 2.24) is 5.32 Å². The Morgan fingerprint density at radius 3 is 2.72 bits per heavy atom. The molecule has 8 heteroatoms. The maximum absolute atomic E-state index is 12.6. The maximum atomic E-state index is 12.6. The first-order chi connectivity index (χ1) is 11.7. The van der Waals surface area contributed by atoms with Crippen LogP contribution in [0.5, 0.6) is 0 Å². The number of fused-ring (bicyclic) bond motifs is 1. The molecule has 0 radical (unpaired) electrons. The second-order valence-electron chi connectivity index (χ2n) is 5.76. The monoisotopic (exact) mass is 353 g/mol. The lowest BCUT2D eigenvalue weighted by Gasteiger charge is -2.27. The Kier molecular flexibility index (Phi) is 5.38. The molecule has 0 saturated heterocycles. The molecule has 2 amide bonds. The molecule has 134 valence electrons. The van der Waals surface area contributed by atoms with E-state index in [9.17, 15) is 22.8 Å². The fraction of sp³-hybridized carbons (Fsp3) is 0.412. The van der Waals surface area contributed by atoms with Crippen LogP contribution in [0.25, 0.3) is 0 Å². The van der Waals surface area contributed by atoms with Crippen molar-refractivity contribution in [2.45, 2.75) is 38.0 Å². The van der Waals surface area contributed by atoms with Crippen molar-refractivity contribution in [2.24, 2.45) is 5.73 Å². The molecule has 1 aromatic carbocycles. The Morgan fingerprint density at radius 2 is 2.16 bits per heavy atom. The zero-order valence-electron chi connectivity index (χ0n) is 13.6. The summed E-state index contributed by atoms with van der Waals surface area (Å²) in [5, 5.41) is 1.83. The lowest BCUT2D eigenvalue weighted by Crippen LogP contribution is -2.53. The van der Waals surface area contributed by atoms with Gasteiger partial charge in [-0.15, -0.1) is 6.42 Å². The van der Waals surface area contributed by atoms with Gasteiger partial charge in [0, 0.05) is 17.7 Å². The average molecular weight is 353 g/mol. The van der Waals surface area contributed by atoms with Crippen LogP contribution in [0.4, 0.5) is 18.9 Å². The summed E-state index contributed by atoms with van der Waals surface area (Å²) < 4.78 is 37.1. The lowest BCUT2D eigenvalue weighted by molar-refractivity contribution is -0.139. The summed E-state index contributed by atoms with van der Waals surface area (Å²) in [7, 11) is 0. The molecular formula is C17H18F3N3O2. The number of rotatable bonds is 4. The van der Waals surface area contributed by atoms with Gasteiger partial charge in [0.2, 0.25) is 11.8 Å². The number of carbonyl (C=O) groups is 2. The minimum absolute atomic E-state index is 0.0801. The van der Waals surface area contributed by atoms with Crippen molar-refractivity contribution < 1.29 is 22.8 Å². The van der Waals surface area contributed by atoms with E-state index in [2.05, 4.69) is 5.92 Å². The van der Waals surface area contributed by atoms with Gasteiger partial charge in [0.05, 0.1) is 6.04 Å². The van der Waals surface area contributed by atoms with E-state index in [4.69, 9.17) is 12.2 Å². The van der Waals surface area contributed by atoms with Crippen LogP contribution in [0, 0.1) is 12.3 Å². The second-order valence-corrected chi connectivity index (χ2v) is 5.76. The average Bonchev–Trinajstić information content (AvgIpc) is 2.95. The number of hydrogen-bond acceptors (Lipinski definition) is 3. The molecule has 1 aliphatic heterocycles. The number of amides is 2. The van der Waals surface area contributed by atoms with Gasteiger partial charge < -0.3 is 11.1 Å². The van der Waals surface area contributed by atoms with Gasteiger partial charge in [-0.2, -0.15) is 13.2 Å². The van der Waals surface area contributed by atoms with E-state index in [-0.39, 0.29) is 6.42 Å². The quantitative estimate of drug-likeness (QED) is 0.802. The molecule has 0 fully saturated rings. The van der Waals surface area contributed by atoms with Crippen LogP contribution in [-0.4, -0.2) is 36.6 Å². The number of terminal acetylenes is 1. The Balaban J connectivity index is 2.33. The lowest BCUT2D eigenvalue weighted by atomic mass is 10.1. The zero-order valence-corrected chi connectivity index (χ0v) is 13.6. The van der Waals surface area contributed by atoms with Gasteiger partial charge >= 0.3 is 6.18 Å². The third-order valence-electron chi connectivity index (χ3n) is 3.99. The Hall–Kier alpha value is -2.53. The van der Waals surface area contributed by atoms with Gasteiger partial charge in [-0.1, -0.05) is 12.8 Å². The van der Waals surface area contributed by atoms with E-state index in [0.29, 0.717) is 23.2 Å². The Bertz CT molecular complexity index is 725. The molecule has 0 spiro atoms. The van der Waals surface area contributed by atoms with Crippen molar-refractivity contribution in [3.8, 4) is 12.3 Å². The van der Waals surface area contributed by atoms with Crippen LogP contribution in [-0.2, 0) is 16.0 Å². The van der Waals surface area contributed by atoms with Gasteiger partial charge in [0.15, 0.2) is 0 Å². The van der Waals surface area contributed by atoms with Gasteiger partial charge in [-0.05, 0) is 30.2 Å². The number of carbonyl (C=O) groups excluding carboxylic acids is 2. The van der Waals surface area contributed by atoms with Gasteiger partial charge in [-0.25, -0.2) is 0 Å². The van der Waals surface area contributed by atoms with E-state index in [1.807, 2.05) is 5.32 Å². The molecule has 3 N–H and O–H groups in total. The van der Waals surface area contributed by atoms with E-state index in [1.54, 1.807) is 25.1 Å². The van der Waals surface area contributed by atoms with Gasteiger partial charge in [0.25, 0.3) is 0 Å². The van der Waals surface area contributed by atoms with E-state index in [0.717, 1.165) is 0 Å². The summed E-state index contributed by atoms with van der Waals surface area (Å²) >= 11 is 0. The van der Waals surface area contributed by atoms with Crippen LogP contribution in [0.1, 0.15) is 24.5 Å². The number of nitrogens with two attached hydrogens (primary N) is 1. The predicted octanol–water partition coefficient (Wildman–Crippen LogP) is 1.34. The van der Waals surface area contributed by atoms with E-state index in [1.165, 1.54) is 4.90 Å². The third-order valence-corrected chi connectivity index (χ3v) is 3.99. The molecule has 0 saturated carbocycles. The molecule has 0 aliphatic carbocycles. The highest BCUT2D eigenvalue weighted by Crippen LogP contribution is 2.34. The first-order valence-corrected chi connectivity index (χ1v) is 7.70. The highest BCUT2D eigenvalue weighted by Gasteiger charge is 2.40. The molecular weight excluding hydrogens is 335 g/mol. The summed E-state index contributed by atoms with van der Waals surface area (Å²) in [4.78, 5) is 26.0. The van der Waals surface area contributed by atoms with Crippen molar-refractivity contribution >= 4 is 17.5 Å². The molecule has 0 aromatic heterocycles. The summed E-state index contributed by atoms with van der Waals surface area (Å²) in [6.07, 6.45) is 1.23. The molecule has 25 heavy (non-hydrogen) atoms. The van der Waals surface area contributed by atoms with Crippen LogP contribution >= 0.6 is 0 Å². The number of nitrogens with zero attached hydrogens (tertiary/aromatic N) is 1. The first kappa shape index (κ1) is 18.8. The Labute approximate surface area is 143 Å². The molecule has 1 aliphatic rings. The normalized spacial score (nSPS) is 17.6. The number of nitrogens with one attached hydrogen (secondary N) is 1. The van der Waals surface area contributed by atoms with Crippen LogP contribution < -0.4 is 16.0 Å². The zero-order chi connectivity index (χ0) is 18.8. The molecule has 5 nitrogen and oxygen atoms in total. The van der Waals surface area contributed by atoms with E-state index < -0.39 is 36.6 Å². The fourth-order valence-electron chi connectivity index (χ4n) is 2.68. The minimum atomic E-state index is -4.54. The third kappa shape index (κ3) is 4.12. The topological polar surface area (TPSA) is 75.4 Å². The van der Waals surface area contributed by atoms with Crippen molar-refractivity contribution in [3.05, 3.63) is 29.3 Å². The summed E-state index contributed by atoms with van der Waals surface area (Å²) in [5.41, 5.74) is 7.41. The predicted molar refractivity (Wildman–Crippen MR) is 86.7 cm³/mol. The number of hydrogen-bond donors (Lipinski definition) is 2. The molecule has 1 aromatic rings. The highest BCUT2D eigenvalue weighted by molar-refractivity contribution is 6.05. The standard InChI is InChI=1S/C17H18F3N3O2/c1-3-10-5-6-13-11(7-10)8-14(15(24)22-9-17(18,19)20)23(13)16(25)12(21)4-2/h1,5-7,12,14H,4,8-9,21H2,2H3,(H,22,24)/t12-,14?/m0/s1. The summed E-state index contributed by atoms with van der Waals surface area (Å²) in [5.74, 6) is 1.05. The van der Waals surface area contributed by atoms with E-state index >= 15 is 0 Å². The number of alkyl halides is 3. The second kappa shape index (κ2) is 7.15. The minimum Gasteiger partial charge on any atom is -0.345 e. The SMILES string of the molecule is C#Cc1ccc2c(c1)CC(C(=O)NCC(F)(F)F)N2C(=O)[C@@H](N)CC. The largest absolute Gasteiger partial charge is 0.405 e. The maximum Gasteiger partial charge on any atom is 0.405 e. The first-order valence-electron chi connectivity index (χ1n) is 7.70. The van der Waals surface area contributed by atoms with Gasteiger partial charge in [-0.3, -0.25) is 14.5 Å². The smallest absolute Gasteiger partial charge is 0.345 e. The molecule has 2 atom stereocenters. The van der Waals surface area contributed by atoms with Crippen LogP contribution in [0.15, 0.2) is 18.2 Å². The highest BCUT2D eigenvalue weighted by atomic mass is 19.4. The fourth-order valence-corrected chi connectivity index (χ4v) is 2.68. The molecule has 0 bridgehead atoms. The van der Waals surface area contributed by atoms with Gasteiger partial charge in [0.1, 0.15) is 12.6 Å². The number of halogens is 3. The molecule has 1 heterocycles. The summed E-state index contributed by atoms with van der Waals surface area (Å²) in [6, 6.07) is 2.89. The van der Waals surface area contributed by atoms with Crippen LogP contribution in [0.3, 0.4) is 0 Å². The van der Waals surface area contributed by atoms with Crippen LogP contribution in [0.2, 0.25) is 0 Å².